The van der Waals surface area contributed by atoms with E-state index in [-0.39, 0.29) is 24.6 Å². The zero-order valence-corrected chi connectivity index (χ0v) is 24.7. The lowest BCUT2D eigenvalue weighted by molar-refractivity contribution is -0.140. The van der Waals surface area contributed by atoms with Gasteiger partial charge in [-0.25, -0.2) is 8.42 Å². The van der Waals surface area contributed by atoms with Crippen LogP contribution >= 0.6 is 34.8 Å². The Bertz CT molecular complexity index is 1400. The van der Waals surface area contributed by atoms with Crippen molar-refractivity contribution in [2.75, 3.05) is 23.7 Å². The molecular weight excluding hydrogens is 581 g/mol. The summed E-state index contributed by atoms with van der Waals surface area (Å²) >= 11 is 18.6. The van der Waals surface area contributed by atoms with Crippen LogP contribution in [-0.4, -0.2) is 50.5 Å². The number of carbonyl (C=O) groups is 2. The molecule has 11 heteroatoms. The van der Waals surface area contributed by atoms with Crippen molar-refractivity contribution in [1.29, 1.82) is 0 Å². The topological polar surface area (TPSA) is 86.8 Å². The largest absolute Gasteiger partial charge is 0.354 e. The average molecular weight is 611 g/mol. The number of halogens is 3. The van der Waals surface area contributed by atoms with Crippen molar-refractivity contribution < 1.29 is 18.0 Å². The highest BCUT2D eigenvalue weighted by molar-refractivity contribution is 7.92. The molecule has 1 N–H and O–H groups in total. The van der Waals surface area contributed by atoms with E-state index in [2.05, 4.69) is 5.32 Å². The Morgan fingerprint density at radius 3 is 2.23 bits per heavy atom. The number of hydrogen-bond acceptors (Lipinski definition) is 4. The fraction of sp³-hybridized carbons (Fsp3) is 0.286. The lowest BCUT2D eigenvalue weighted by Crippen LogP contribution is -2.53. The van der Waals surface area contributed by atoms with Gasteiger partial charge in [0.05, 0.1) is 11.9 Å². The van der Waals surface area contributed by atoms with Crippen molar-refractivity contribution >= 4 is 62.3 Å². The van der Waals surface area contributed by atoms with Crippen molar-refractivity contribution in [1.82, 2.24) is 10.2 Å². The molecule has 1 atom stereocenters. The first-order valence-corrected chi connectivity index (χ1v) is 15.3. The smallest absolute Gasteiger partial charge is 0.244 e. The van der Waals surface area contributed by atoms with Gasteiger partial charge < -0.3 is 10.2 Å². The summed E-state index contributed by atoms with van der Waals surface area (Å²) in [6, 6.07) is 19.5. The molecular formula is C28H30Cl3N3O4S. The summed E-state index contributed by atoms with van der Waals surface area (Å²) in [6.45, 7) is 1.76. The monoisotopic (exact) mass is 609 g/mol. The van der Waals surface area contributed by atoms with Crippen LogP contribution in [0.4, 0.5) is 5.69 Å². The van der Waals surface area contributed by atoms with Gasteiger partial charge in [0.2, 0.25) is 21.8 Å². The van der Waals surface area contributed by atoms with Gasteiger partial charge in [-0.3, -0.25) is 13.9 Å². The number of rotatable bonds is 12. The lowest BCUT2D eigenvalue weighted by atomic mass is 10.0. The van der Waals surface area contributed by atoms with Crippen LogP contribution in [0.25, 0.3) is 0 Å². The molecule has 0 saturated heterocycles. The fourth-order valence-corrected chi connectivity index (χ4v) is 5.49. The van der Waals surface area contributed by atoms with Crippen LogP contribution in [-0.2, 0) is 32.6 Å². The summed E-state index contributed by atoms with van der Waals surface area (Å²) in [5.41, 5.74) is 1.63. The third-order valence-electron chi connectivity index (χ3n) is 5.95. The van der Waals surface area contributed by atoms with Crippen LogP contribution in [0.15, 0.2) is 72.8 Å². The highest BCUT2D eigenvalue weighted by Crippen LogP contribution is 2.26. The van der Waals surface area contributed by atoms with E-state index in [0.29, 0.717) is 33.6 Å². The SMILES string of the molecule is CCCNC(=O)C(Cc1ccccc1)N(Cc1ccc(Cl)cc1Cl)C(=O)CN(c1cccc(Cl)c1)S(C)(=O)=O. The van der Waals surface area contributed by atoms with Crippen LogP contribution in [0.5, 0.6) is 0 Å². The van der Waals surface area contributed by atoms with Gasteiger partial charge in [0.15, 0.2) is 0 Å². The number of nitrogens with zero attached hydrogens (tertiary/aromatic N) is 2. The Labute approximate surface area is 244 Å². The van der Waals surface area contributed by atoms with Crippen molar-refractivity contribution in [2.24, 2.45) is 0 Å². The first-order valence-electron chi connectivity index (χ1n) is 12.3. The van der Waals surface area contributed by atoms with Crippen LogP contribution < -0.4 is 9.62 Å². The molecule has 0 saturated carbocycles. The molecule has 0 aromatic heterocycles. The van der Waals surface area contributed by atoms with Crippen molar-refractivity contribution in [2.45, 2.75) is 32.4 Å². The fourth-order valence-electron chi connectivity index (χ4n) is 4.00. The predicted molar refractivity (Wildman–Crippen MR) is 158 cm³/mol. The molecule has 3 rings (SSSR count). The number of nitrogens with one attached hydrogen (secondary N) is 1. The van der Waals surface area contributed by atoms with Gasteiger partial charge >= 0.3 is 0 Å². The Morgan fingerprint density at radius 1 is 0.923 bits per heavy atom. The normalized spacial score (nSPS) is 12.0. The van der Waals surface area contributed by atoms with Crippen LogP contribution in [0.1, 0.15) is 24.5 Å². The Kier molecular flexibility index (Phi) is 11.1. The first-order chi connectivity index (χ1) is 18.5. The van der Waals surface area contributed by atoms with Crippen LogP contribution in [0.3, 0.4) is 0 Å². The Hall–Kier alpha value is -2.78. The summed E-state index contributed by atoms with van der Waals surface area (Å²) in [5.74, 6) is -0.938. The maximum Gasteiger partial charge on any atom is 0.244 e. The number of carbonyl (C=O) groups excluding carboxylic acids is 2. The van der Waals surface area contributed by atoms with Gasteiger partial charge in [0, 0.05) is 34.6 Å². The second-order valence-corrected chi connectivity index (χ2v) is 12.2. The molecule has 1 unspecified atom stereocenters. The van der Waals surface area contributed by atoms with E-state index in [9.17, 15) is 18.0 Å². The molecule has 0 aliphatic carbocycles. The van der Waals surface area contributed by atoms with E-state index >= 15 is 0 Å². The second-order valence-electron chi connectivity index (χ2n) is 9.00. The van der Waals surface area contributed by atoms with Gasteiger partial charge in [-0.2, -0.15) is 0 Å². The molecule has 208 valence electrons. The molecule has 39 heavy (non-hydrogen) atoms. The second kappa shape index (κ2) is 14.0. The van der Waals surface area contributed by atoms with Gasteiger partial charge in [0.1, 0.15) is 12.6 Å². The maximum absolute atomic E-state index is 14.0. The van der Waals surface area contributed by atoms with Crippen molar-refractivity contribution in [3.8, 4) is 0 Å². The van der Waals surface area contributed by atoms with Gasteiger partial charge in [-0.1, -0.05) is 84.2 Å². The summed E-state index contributed by atoms with van der Waals surface area (Å²) in [6.07, 6.45) is 1.93. The molecule has 3 aromatic rings. The molecule has 0 fully saturated rings. The van der Waals surface area contributed by atoms with Gasteiger partial charge in [-0.05, 0) is 47.9 Å². The minimum absolute atomic E-state index is 0.0426. The number of amides is 2. The summed E-state index contributed by atoms with van der Waals surface area (Å²) in [4.78, 5) is 28.8. The standard InChI is InChI=1S/C28H30Cl3N3O4S/c1-3-14-32-28(36)26(15-20-8-5-4-6-9-20)33(18-21-12-13-23(30)17-25(21)31)27(35)19-34(39(2,37)38)24-11-7-10-22(29)16-24/h4-13,16-17,26H,3,14-15,18-19H2,1-2H3,(H,32,36). The molecule has 0 heterocycles. The zero-order chi connectivity index (χ0) is 28.6. The van der Waals surface area contributed by atoms with E-state index in [0.717, 1.165) is 16.1 Å². The molecule has 0 bridgehead atoms. The van der Waals surface area contributed by atoms with E-state index < -0.39 is 28.5 Å². The summed E-state index contributed by atoms with van der Waals surface area (Å²) in [7, 11) is -3.89. The molecule has 0 radical (unpaired) electrons. The molecule has 7 nitrogen and oxygen atoms in total. The predicted octanol–water partition coefficient (Wildman–Crippen LogP) is 5.58. The third kappa shape index (κ3) is 8.86. The van der Waals surface area contributed by atoms with Gasteiger partial charge in [0.25, 0.3) is 0 Å². The van der Waals surface area contributed by atoms with Crippen LogP contribution in [0, 0.1) is 0 Å². The Morgan fingerprint density at radius 2 is 1.62 bits per heavy atom. The average Bonchev–Trinajstić information content (AvgIpc) is 2.88. The first kappa shape index (κ1) is 30.8. The minimum Gasteiger partial charge on any atom is -0.354 e. The van der Waals surface area contributed by atoms with E-state index in [4.69, 9.17) is 34.8 Å². The molecule has 3 aromatic carbocycles. The van der Waals surface area contributed by atoms with E-state index in [1.807, 2.05) is 37.3 Å². The molecule has 0 aliphatic rings. The third-order valence-corrected chi connectivity index (χ3v) is 7.91. The lowest BCUT2D eigenvalue weighted by Gasteiger charge is -2.33. The highest BCUT2D eigenvalue weighted by Gasteiger charge is 2.33. The summed E-state index contributed by atoms with van der Waals surface area (Å²) in [5, 5.41) is 3.95. The number of benzene rings is 3. The number of hydrogen-bond donors (Lipinski definition) is 1. The summed E-state index contributed by atoms with van der Waals surface area (Å²) < 4.78 is 26.5. The Balaban J connectivity index is 2.07. The molecule has 0 aliphatic heterocycles. The van der Waals surface area contributed by atoms with Crippen LogP contribution in [0.2, 0.25) is 15.1 Å². The maximum atomic E-state index is 14.0. The quantitative estimate of drug-likeness (QED) is 0.290. The highest BCUT2D eigenvalue weighted by atomic mass is 35.5. The van der Waals surface area contributed by atoms with E-state index in [1.165, 1.54) is 11.0 Å². The van der Waals surface area contributed by atoms with E-state index in [1.54, 1.807) is 36.4 Å². The molecule has 2 amide bonds. The number of anilines is 1. The minimum atomic E-state index is -3.89. The zero-order valence-electron chi connectivity index (χ0n) is 21.6. The van der Waals surface area contributed by atoms with Gasteiger partial charge in [-0.15, -0.1) is 0 Å². The molecule has 0 spiro atoms. The van der Waals surface area contributed by atoms with Crippen molar-refractivity contribution in [3.05, 3.63) is 99.0 Å². The van der Waals surface area contributed by atoms with Crippen molar-refractivity contribution in [3.63, 3.8) is 0 Å². The number of sulfonamides is 1.